The van der Waals surface area contributed by atoms with Crippen LogP contribution in [0.1, 0.15) is 0 Å². The van der Waals surface area contributed by atoms with Crippen molar-refractivity contribution in [2.24, 2.45) is 0 Å². The van der Waals surface area contributed by atoms with E-state index in [0.717, 1.165) is 44.7 Å². The van der Waals surface area contributed by atoms with Crippen LogP contribution in [0.5, 0.6) is 0 Å². The van der Waals surface area contributed by atoms with E-state index in [1.807, 2.05) is 0 Å². The molecular formula is C46H31NO. The molecule has 1 aromatic heterocycles. The third kappa shape index (κ3) is 4.92. The summed E-state index contributed by atoms with van der Waals surface area (Å²) in [6, 6.07) is 66.9. The van der Waals surface area contributed by atoms with Crippen molar-refractivity contribution in [1.29, 1.82) is 0 Å². The molecule has 0 spiro atoms. The van der Waals surface area contributed by atoms with Crippen LogP contribution in [-0.4, -0.2) is 0 Å². The Bertz CT molecular complexity index is 2530. The highest BCUT2D eigenvalue weighted by Gasteiger charge is 2.19. The maximum Gasteiger partial charge on any atom is 0.136 e. The Morgan fingerprint density at radius 1 is 0.354 bits per heavy atom. The van der Waals surface area contributed by atoms with Crippen LogP contribution >= 0.6 is 0 Å². The van der Waals surface area contributed by atoms with Gasteiger partial charge in [-0.1, -0.05) is 133 Å². The normalized spacial score (nSPS) is 11.3. The SMILES string of the molecule is c1ccc(-c2ccc(N(c3ccccc3)c3ccc(-c4ccc5c(c4)oc4ccc6ccccc6c45)cc3)c(-c3ccccc3)c2)cc1. The lowest BCUT2D eigenvalue weighted by Gasteiger charge is -2.28. The van der Waals surface area contributed by atoms with Crippen LogP contribution in [0.4, 0.5) is 17.1 Å². The third-order valence-corrected chi connectivity index (χ3v) is 9.26. The van der Waals surface area contributed by atoms with Crippen LogP contribution in [-0.2, 0) is 0 Å². The number of furan rings is 1. The Kier molecular flexibility index (Phi) is 6.84. The fourth-order valence-corrected chi connectivity index (χ4v) is 6.92. The summed E-state index contributed by atoms with van der Waals surface area (Å²) in [5.41, 5.74) is 12.1. The van der Waals surface area contributed by atoms with Gasteiger partial charge in [0.1, 0.15) is 11.2 Å². The molecule has 0 atom stereocenters. The van der Waals surface area contributed by atoms with Crippen LogP contribution in [0.3, 0.4) is 0 Å². The van der Waals surface area contributed by atoms with Crippen molar-refractivity contribution in [3.8, 4) is 33.4 Å². The van der Waals surface area contributed by atoms with Crippen molar-refractivity contribution >= 4 is 49.8 Å². The number of rotatable bonds is 6. The van der Waals surface area contributed by atoms with Gasteiger partial charge < -0.3 is 9.32 Å². The molecule has 0 unspecified atom stereocenters. The Hall–Kier alpha value is -6.38. The van der Waals surface area contributed by atoms with Gasteiger partial charge in [0.15, 0.2) is 0 Å². The summed E-state index contributed by atoms with van der Waals surface area (Å²) in [4.78, 5) is 2.36. The summed E-state index contributed by atoms with van der Waals surface area (Å²) in [7, 11) is 0. The standard InChI is InChI=1S/C46H31NO/c1-4-12-32(13-5-1)36-23-28-43(42(30-36)34-14-6-2-7-15-34)47(38-17-8-3-9-18-38)39-25-20-33(21-26-39)37-22-27-41-45(31-37)48-44-29-24-35-16-10-11-19-40(35)46(41)44/h1-31H. The molecule has 0 N–H and O–H groups in total. The molecule has 2 heteroatoms. The summed E-state index contributed by atoms with van der Waals surface area (Å²) >= 11 is 0. The zero-order valence-electron chi connectivity index (χ0n) is 26.3. The van der Waals surface area contributed by atoms with Gasteiger partial charge in [-0.25, -0.2) is 0 Å². The Morgan fingerprint density at radius 2 is 0.938 bits per heavy atom. The first-order chi connectivity index (χ1) is 23.8. The quantitative estimate of drug-likeness (QED) is 0.185. The van der Waals surface area contributed by atoms with Gasteiger partial charge in [-0.15, -0.1) is 0 Å². The molecule has 0 bridgehead atoms. The second-order valence-corrected chi connectivity index (χ2v) is 12.2. The molecule has 0 aliphatic carbocycles. The molecule has 0 fully saturated rings. The van der Waals surface area contributed by atoms with Gasteiger partial charge in [0.05, 0.1) is 5.69 Å². The molecule has 9 aromatic rings. The smallest absolute Gasteiger partial charge is 0.136 e. The van der Waals surface area contributed by atoms with Crippen molar-refractivity contribution in [2.75, 3.05) is 4.90 Å². The van der Waals surface area contributed by atoms with E-state index in [-0.39, 0.29) is 0 Å². The maximum atomic E-state index is 6.39. The fourth-order valence-electron chi connectivity index (χ4n) is 6.92. The Balaban J connectivity index is 1.15. The summed E-state index contributed by atoms with van der Waals surface area (Å²) in [6.07, 6.45) is 0. The highest BCUT2D eigenvalue weighted by molar-refractivity contribution is 6.19. The number of nitrogens with zero attached hydrogens (tertiary/aromatic N) is 1. The van der Waals surface area contributed by atoms with E-state index >= 15 is 0 Å². The number of hydrogen-bond acceptors (Lipinski definition) is 2. The molecule has 48 heavy (non-hydrogen) atoms. The lowest BCUT2D eigenvalue weighted by molar-refractivity contribution is 0.669. The van der Waals surface area contributed by atoms with Crippen molar-refractivity contribution in [1.82, 2.24) is 0 Å². The van der Waals surface area contributed by atoms with Crippen LogP contribution < -0.4 is 4.90 Å². The van der Waals surface area contributed by atoms with Gasteiger partial charge in [0.2, 0.25) is 0 Å². The summed E-state index contributed by atoms with van der Waals surface area (Å²) in [6.45, 7) is 0. The second kappa shape index (κ2) is 11.8. The van der Waals surface area contributed by atoms with Crippen molar-refractivity contribution in [3.05, 3.63) is 188 Å². The molecule has 9 rings (SSSR count). The first-order valence-electron chi connectivity index (χ1n) is 16.3. The van der Waals surface area contributed by atoms with E-state index in [9.17, 15) is 0 Å². The predicted molar refractivity (Wildman–Crippen MR) is 202 cm³/mol. The van der Waals surface area contributed by atoms with E-state index in [4.69, 9.17) is 4.42 Å². The Labute approximate surface area is 279 Å². The molecule has 0 aliphatic heterocycles. The molecule has 226 valence electrons. The van der Waals surface area contributed by atoms with E-state index in [0.29, 0.717) is 0 Å². The molecule has 8 aromatic carbocycles. The second-order valence-electron chi connectivity index (χ2n) is 12.2. The average Bonchev–Trinajstić information content (AvgIpc) is 3.55. The van der Waals surface area contributed by atoms with Crippen LogP contribution in [0.15, 0.2) is 192 Å². The van der Waals surface area contributed by atoms with Crippen LogP contribution in [0.2, 0.25) is 0 Å². The number of benzene rings is 8. The van der Waals surface area contributed by atoms with E-state index < -0.39 is 0 Å². The fraction of sp³-hybridized carbons (Fsp3) is 0. The van der Waals surface area contributed by atoms with Gasteiger partial charge in [0.25, 0.3) is 0 Å². The third-order valence-electron chi connectivity index (χ3n) is 9.26. The van der Waals surface area contributed by atoms with Gasteiger partial charge in [0, 0.05) is 27.7 Å². The van der Waals surface area contributed by atoms with Crippen molar-refractivity contribution < 1.29 is 4.42 Å². The average molecular weight is 614 g/mol. The van der Waals surface area contributed by atoms with E-state index in [2.05, 4.69) is 193 Å². The number of hydrogen-bond donors (Lipinski definition) is 0. The number of para-hydroxylation sites is 1. The largest absolute Gasteiger partial charge is 0.456 e. The molecule has 0 amide bonds. The van der Waals surface area contributed by atoms with E-state index in [1.165, 1.54) is 38.4 Å². The first kappa shape index (κ1) is 27.9. The molecular weight excluding hydrogens is 583 g/mol. The number of fused-ring (bicyclic) bond motifs is 5. The zero-order valence-corrected chi connectivity index (χ0v) is 26.3. The lowest BCUT2D eigenvalue weighted by Crippen LogP contribution is -2.11. The Morgan fingerprint density at radius 3 is 1.71 bits per heavy atom. The van der Waals surface area contributed by atoms with Crippen molar-refractivity contribution in [3.63, 3.8) is 0 Å². The predicted octanol–water partition coefficient (Wildman–Crippen LogP) is 13.2. The minimum atomic E-state index is 0.903. The van der Waals surface area contributed by atoms with Crippen LogP contribution in [0, 0.1) is 0 Å². The minimum absolute atomic E-state index is 0.903. The molecule has 1 heterocycles. The van der Waals surface area contributed by atoms with Gasteiger partial charge in [-0.3, -0.25) is 0 Å². The van der Waals surface area contributed by atoms with Gasteiger partial charge in [-0.2, -0.15) is 0 Å². The molecule has 0 aliphatic rings. The topological polar surface area (TPSA) is 16.4 Å². The summed E-state index contributed by atoms with van der Waals surface area (Å²) in [5.74, 6) is 0. The lowest BCUT2D eigenvalue weighted by atomic mass is 9.96. The van der Waals surface area contributed by atoms with Crippen molar-refractivity contribution in [2.45, 2.75) is 0 Å². The molecule has 0 radical (unpaired) electrons. The highest BCUT2D eigenvalue weighted by atomic mass is 16.3. The summed E-state index contributed by atoms with van der Waals surface area (Å²) < 4.78 is 6.39. The highest BCUT2D eigenvalue weighted by Crippen LogP contribution is 2.43. The zero-order chi connectivity index (χ0) is 31.9. The number of anilines is 3. The monoisotopic (exact) mass is 613 g/mol. The molecule has 0 saturated carbocycles. The summed E-state index contributed by atoms with van der Waals surface area (Å²) in [5, 5.41) is 4.76. The van der Waals surface area contributed by atoms with E-state index in [1.54, 1.807) is 0 Å². The first-order valence-corrected chi connectivity index (χ1v) is 16.3. The minimum Gasteiger partial charge on any atom is -0.456 e. The van der Waals surface area contributed by atoms with Gasteiger partial charge >= 0.3 is 0 Å². The molecule has 2 nitrogen and oxygen atoms in total. The molecule has 0 saturated heterocycles. The maximum absolute atomic E-state index is 6.39. The van der Waals surface area contributed by atoms with Gasteiger partial charge in [-0.05, 0) is 93.2 Å². The van der Waals surface area contributed by atoms with Crippen LogP contribution in [0.25, 0.3) is 66.1 Å².